The molecule has 0 fully saturated rings. The topological polar surface area (TPSA) is 142 Å². The number of amides is 1. The predicted molar refractivity (Wildman–Crippen MR) is 117 cm³/mol. The first-order chi connectivity index (χ1) is 14.6. The van der Waals surface area contributed by atoms with Gasteiger partial charge in [0.05, 0.1) is 17.9 Å². The fourth-order valence-corrected chi connectivity index (χ4v) is 3.10. The fraction of sp³-hybridized carbons (Fsp3) is 0.350. The van der Waals surface area contributed by atoms with Gasteiger partial charge in [-0.15, -0.1) is 0 Å². The lowest BCUT2D eigenvalue weighted by atomic mass is 9.94. The number of anilines is 2. The summed E-state index contributed by atoms with van der Waals surface area (Å²) in [6.45, 7) is 3.03. The van der Waals surface area contributed by atoms with E-state index in [0.29, 0.717) is 5.56 Å². The van der Waals surface area contributed by atoms with Crippen LogP contribution in [0.1, 0.15) is 41.2 Å². The van der Waals surface area contributed by atoms with Gasteiger partial charge in [0.15, 0.2) is 0 Å². The van der Waals surface area contributed by atoms with Gasteiger partial charge in [0.1, 0.15) is 11.4 Å². The van der Waals surface area contributed by atoms with Crippen molar-refractivity contribution in [3.05, 3.63) is 52.8 Å². The van der Waals surface area contributed by atoms with Gasteiger partial charge in [-0.25, -0.2) is 4.98 Å². The molecule has 0 aliphatic rings. The first kappa shape index (κ1) is 25.3. The largest absolute Gasteiger partial charge is 0.433 e. The zero-order valence-electron chi connectivity index (χ0n) is 17.7. The highest BCUT2D eigenvalue weighted by molar-refractivity contribution is 7.91. The Kier molecular flexibility index (Phi) is 7.30. The van der Waals surface area contributed by atoms with Crippen molar-refractivity contribution in [2.75, 3.05) is 29.6 Å². The summed E-state index contributed by atoms with van der Waals surface area (Å²) in [6, 6.07) is 5.80. The number of hydrogen-bond donors (Lipinski definition) is 4. The predicted octanol–water partition coefficient (Wildman–Crippen LogP) is 3.26. The Labute approximate surface area is 183 Å². The van der Waals surface area contributed by atoms with Crippen molar-refractivity contribution in [1.82, 2.24) is 4.98 Å². The van der Waals surface area contributed by atoms with Crippen LogP contribution < -0.4 is 11.1 Å². The molecular weight excluding hydrogens is 447 g/mol. The molecular formula is C20H24F3N5O3S. The standard InChI is InChI=1S/C20H24F3N5O3S/c1-19(2,30)13-10-14(24)12(11-26-7-8-32(3,25)31)9-16(13)28-18(29)15-5-4-6-17(27-15)20(21,22)23/h4-6,9-11,25,30H,7-8,24H2,1-3H3,(H,28,29). The fourth-order valence-electron chi connectivity index (χ4n) is 2.65. The number of benzene rings is 1. The summed E-state index contributed by atoms with van der Waals surface area (Å²) in [7, 11) is -2.71. The third-order valence-corrected chi connectivity index (χ3v) is 5.20. The molecule has 0 saturated heterocycles. The van der Waals surface area contributed by atoms with Crippen LogP contribution in [0.25, 0.3) is 0 Å². The molecule has 1 heterocycles. The van der Waals surface area contributed by atoms with Crippen LogP contribution in [0.15, 0.2) is 35.3 Å². The molecule has 1 aromatic heterocycles. The SMILES string of the molecule is CC(C)(O)c1cc(N)c(C=NCCS(C)(=N)=O)cc1NC(=O)c1cccc(C(F)(F)F)n1. The number of aliphatic imine (C=N–C) groups is 1. The minimum absolute atomic E-state index is 0.0516. The van der Waals surface area contributed by atoms with Crippen LogP contribution in [0.5, 0.6) is 0 Å². The summed E-state index contributed by atoms with van der Waals surface area (Å²) in [4.78, 5) is 20.0. The van der Waals surface area contributed by atoms with Gasteiger partial charge < -0.3 is 16.2 Å². The second-order valence-corrected chi connectivity index (χ2v) is 10.1. The first-order valence-corrected chi connectivity index (χ1v) is 11.4. The zero-order chi connectivity index (χ0) is 24.3. The number of nitrogen functional groups attached to an aromatic ring is 1. The van der Waals surface area contributed by atoms with Crippen molar-refractivity contribution >= 4 is 33.2 Å². The summed E-state index contributed by atoms with van der Waals surface area (Å²) in [6.07, 6.45) is -2.04. The molecule has 174 valence electrons. The van der Waals surface area contributed by atoms with E-state index in [1.165, 1.54) is 38.5 Å². The van der Waals surface area contributed by atoms with E-state index in [1.54, 1.807) is 0 Å². The number of alkyl halides is 3. The second-order valence-electron chi connectivity index (χ2n) is 7.69. The Balaban J connectivity index is 2.40. The van der Waals surface area contributed by atoms with Crippen LogP contribution in [0, 0.1) is 4.78 Å². The molecule has 32 heavy (non-hydrogen) atoms. The maximum absolute atomic E-state index is 12.9. The normalized spacial score (nSPS) is 14.3. The van der Waals surface area contributed by atoms with Crippen LogP contribution in [-0.4, -0.2) is 45.0 Å². The van der Waals surface area contributed by atoms with E-state index in [-0.39, 0.29) is 29.2 Å². The number of aliphatic hydroxyl groups is 1. The number of nitrogens with two attached hydrogens (primary N) is 1. The summed E-state index contributed by atoms with van der Waals surface area (Å²) in [5.41, 5.74) is 3.84. The van der Waals surface area contributed by atoms with E-state index in [1.807, 2.05) is 0 Å². The van der Waals surface area contributed by atoms with Crippen LogP contribution in [0.4, 0.5) is 24.5 Å². The third-order valence-electron chi connectivity index (χ3n) is 4.24. The molecule has 1 atom stereocenters. The molecule has 2 aromatic rings. The molecule has 0 spiro atoms. The highest BCUT2D eigenvalue weighted by Crippen LogP contribution is 2.32. The lowest BCUT2D eigenvalue weighted by molar-refractivity contribution is -0.141. The number of nitrogens with one attached hydrogen (secondary N) is 2. The van der Waals surface area contributed by atoms with E-state index in [2.05, 4.69) is 15.3 Å². The number of halogens is 3. The molecule has 0 saturated carbocycles. The molecule has 8 nitrogen and oxygen atoms in total. The van der Waals surface area contributed by atoms with Crippen molar-refractivity contribution in [2.45, 2.75) is 25.6 Å². The lowest BCUT2D eigenvalue weighted by Crippen LogP contribution is -2.23. The second kappa shape index (κ2) is 9.25. The maximum Gasteiger partial charge on any atom is 0.433 e. The number of carbonyl (C=O) groups is 1. The van der Waals surface area contributed by atoms with Crippen molar-refractivity contribution in [3.8, 4) is 0 Å². The number of rotatable bonds is 7. The molecule has 0 bridgehead atoms. The monoisotopic (exact) mass is 471 g/mol. The summed E-state index contributed by atoms with van der Waals surface area (Å²) in [5, 5.41) is 12.9. The maximum atomic E-state index is 12.9. The van der Waals surface area contributed by atoms with Crippen LogP contribution in [0.2, 0.25) is 0 Å². The third kappa shape index (κ3) is 7.02. The van der Waals surface area contributed by atoms with E-state index in [9.17, 15) is 27.3 Å². The summed E-state index contributed by atoms with van der Waals surface area (Å²) >= 11 is 0. The molecule has 1 unspecified atom stereocenters. The zero-order valence-corrected chi connectivity index (χ0v) is 18.5. The van der Waals surface area contributed by atoms with E-state index >= 15 is 0 Å². The van der Waals surface area contributed by atoms with Gasteiger partial charge in [-0.1, -0.05) is 6.07 Å². The Morgan fingerprint density at radius 1 is 1.34 bits per heavy atom. The Morgan fingerprint density at radius 2 is 2.00 bits per heavy atom. The average molecular weight is 472 g/mol. The van der Waals surface area contributed by atoms with Gasteiger partial charge >= 0.3 is 6.18 Å². The van der Waals surface area contributed by atoms with Gasteiger partial charge in [0, 0.05) is 44.7 Å². The number of hydrogen-bond acceptors (Lipinski definition) is 7. The molecule has 0 radical (unpaired) electrons. The molecule has 1 aromatic carbocycles. The minimum atomic E-state index is -4.71. The summed E-state index contributed by atoms with van der Waals surface area (Å²) in [5.74, 6) is -0.857. The Hall–Kier alpha value is -2.99. The van der Waals surface area contributed by atoms with E-state index < -0.39 is 38.8 Å². The number of carbonyl (C=O) groups excluding carboxylic acids is 1. The molecule has 12 heteroatoms. The number of nitrogens with zero attached hydrogens (tertiary/aromatic N) is 2. The van der Waals surface area contributed by atoms with Crippen LogP contribution in [-0.2, 0) is 21.5 Å². The van der Waals surface area contributed by atoms with Gasteiger partial charge in [-0.3, -0.25) is 18.8 Å². The number of aromatic nitrogens is 1. The van der Waals surface area contributed by atoms with Crippen molar-refractivity contribution in [2.24, 2.45) is 4.99 Å². The quantitative estimate of drug-likeness (QED) is 0.362. The van der Waals surface area contributed by atoms with Gasteiger partial charge in [0.2, 0.25) is 0 Å². The van der Waals surface area contributed by atoms with Crippen molar-refractivity contribution < 1.29 is 27.3 Å². The highest BCUT2D eigenvalue weighted by atomic mass is 32.2. The molecule has 5 N–H and O–H groups in total. The van der Waals surface area contributed by atoms with Crippen molar-refractivity contribution in [1.29, 1.82) is 4.78 Å². The summed E-state index contributed by atoms with van der Waals surface area (Å²) < 4.78 is 57.5. The van der Waals surface area contributed by atoms with E-state index in [4.69, 9.17) is 10.5 Å². The minimum Gasteiger partial charge on any atom is -0.398 e. The lowest BCUT2D eigenvalue weighted by Gasteiger charge is -2.23. The van der Waals surface area contributed by atoms with Gasteiger partial charge in [-0.2, -0.15) is 13.2 Å². The van der Waals surface area contributed by atoms with Gasteiger partial charge in [-0.05, 0) is 38.1 Å². The van der Waals surface area contributed by atoms with Crippen LogP contribution >= 0.6 is 0 Å². The molecule has 0 aliphatic carbocycles. The smallest absolute Gasteiger partial charge is 0.398 e. The average Bonchev–Trinajstić information content (AvgIpc) is 2.65. The first-order valence-electron chi connectivity index (χ1n) is 9.31. The Bertz CT molecular complexity index is 1140. The number of pyridine rings is 1. The van der Waals surface area contributed by atoms with E-state index in [0.717, 1.165) is 18.2 Å². The van der Waals surface area contributed by atoms with Crippen LogP contribution in [0.3, 0.4) is 0 Å². The van der Waals surface area contributed by atoms with Crippen molar-refractivity contribution in [3.63, 3.8) is 0 Å². The van der Waals surface area contributed by atoms with Gasteiger partial charge in [0.25, 0.3) is 5.91 Å². The molecule has 1 amide bonds. The highest BCUT2D eigenvalue weighted by Gasteiger charge is 2.33. The Morgan fingerprint density at radius 3 is 2.56 bits per heavy atom. The molecule has 2 rings (SSSR count). The molecule has 0 aliphatic heterocycles.